The van der Waals surface area contributed by atoms with Gasteiger partial charge in [0.1, 0.15) is 29.8 Å². The summed E-state index contributed by atoms with van der Waals surface area (Å²) in [5.74, 6) is -0.375. The van der Waals surface area contributed by atoms with Crippen LogP contribution in [-0.4, -0.2) is 74.5 Å². The average molecular weight is 596 g/mol. The van der Waals surface area contributed by atoms with Crippen molar-refractivity contribution in [2.24, 2.45) is 11.8 Å². The number of esters is 1. The summed E-state index contributed by atoms with van der Waals surface area (Å²) in [5.41, 5.74) is 1.03. The number of aryl methyl sites for hydroxylation is 2. The summed E-state index contributed by atoms with van der Waals surface area (Å²) >= 11 is 20.1. The average Bonchev–Trinajstić information content (AvgIpc) is 3.43. The van der Waals surface area contributed by atoms with Gasteiger partial charge < -0.3 is 30.3 Å². The molecule has 1 aliphatic rings. The minimum atomic E-state index is -1.62. The second-order valence-electron chi connectivity index (χ2n) is 9.53. The van der Waals surface area contributed by atoms with E-state index in [2.05, 4.69) is 0 Å². The molecule has 1 saturated carbocycles. The van der Waals surface area contributed by atoms with Crippen LogP contribution in [-0.2, 0) is 17.6 Å². The maximum Gasteiger partial charge on any atom is 0.348 e. The van der Waals surface area contributed by atoms with E-state index in [4.69, 9.17) is 44.6 Å². The summed E-state index contributed by atoms with van der Waals surface area (Å²) in [6.45, 7) is -1.23. The van der Waals surface area contributed by atoms with Crippen LogP contribution < -0.4 is 0 Å². The van der Waals surface area contributed by atoms with Gasteiger partial charge in [-0.15, -0.1) is 22.9 Å². The Balaban J connectivity index is 1.47. The number of ether oxygens (including phenoxy) is 1. The third kappa shape index (κ3) is 8.78. The van der Waals surface area contributed by atoms with Gasteiger partial charge in [0.15, 0.2) is 0 Å². The van der Waals surface area contributed by atoms with Crippen molar-refractivity contribution >= 4 is 52.1 Å². The Morgan fingerprint density at radius 3 is 2.41 bits per heavy atom. The zero-order chi connectivity index (χ0) is 27.1. The van der Waals surface area contributed by atoms with Crippen LogP contribution in [0.15, 0.2) is 30.3 Å². The number of aliphatic hydroxyl groups excluding tert-OH is 5. The summed E-state index contributed by atoms with van der Waals surface area (Å²) in [4.78, 5) is 13.6. The molecular weight excluding hydrogens is 563 g/mol. The third-order valence-corrected chi connectivity index (χ3v) is 8.91. The first kappa shape index (κ1) is 30.6. The van der Waals surface area contributed by atoms with E-state index in [0.717, 1.165) is 42.5 Å². The van der Waals surface area contributed by atoms with Crippen LogP contribution in [0, 0.1) is 11.8 Å². The molecule has 0 saturated heterocycles. The molecule has 0 spiro atoms. The van der Waals surface area contributed by atoms with Gasteiger partial charge in [-0.05, 0) is 86.3 Å². The van der Waals surface area contributed by atoms with Crippen molar-refractivity contribution < 1.29 is 35.1 Å². The molecule has 1 heterocycles. The minimum Gasteiger partial charge on any atom is -0.459 e. The van der Waals surface area contributed by atoms with E-state index in [9.17, 15) is 25.2 Å². The second-order valence-corrected chi connectivity index (χ2v) is 12.1. The van der Waals surface area contributed by atoms with Crippen LogP contribution in [0.2, 0.25) is 10.0 Å². The molecular formula is C26H33Cl3O7S. The van der Waals surface area contributed by atoms with Crippen LogP contribution in [0.25, 0.3) is 0 Å². The Hall–Kier alpha value is -0.940. The van der Waals surface area contributed by atoms with Crippen molar-refractivity contribution in [3.05, 3.63) is 55.7 Å². The van der Waals surface area contributed by atoms with Gasteiger partial charge in [-0.2, -0.15) is 0 Å². The molecule has 37 heavy (non-hydrogen) atoms. The molecule has 11 heteroatoms. The van der Waals surface area contributed by atoms with E-state index in [-0.39, 0.29) is 17.2 Å². The van der Waals surface area contributed by atoms with Crippen LogP contribution in [0.3, 0.4) is 0 Å². The highest BCUT2D eigenvalue weighted by Crippen LogP contribution is 2.42. The lowest BCUT2D eigenvalue weighted by Gasteiger charge is -2.23. The SMILES string of the molecule is O=C(OC[C@H](O)[C@H](O)[C@H](O)CO)c1ccc(CCC[C@@H]2[C@@H](CCc3cc(Cl)cc(Cl)c3)[C@H](O)C[C@H]2Cl)s1. The molecule has 0 unspecified atom stereocenters. The lowest BCUT2D eigenvalue weighted by atomic mass is 9.85. The molecule has 0 bridgehead atoms. The van der Waals surface area contributed by atoms with Crippen molar-refractivity contribution in [3.8, 4) is 0 Å². The topological polar surface area (TPSA) is 127 Å². The number of halogens is 3. The van der Waals surface area contributed by atoms with Gasteiger partial charge >= 0.3 is 5.97 Å². The summed E-state index contributed by atoms with van der Waals surface area (Å²) in [6, 6.07) is 8.98. The lowest BCUT2D eigenvalue weighted by molar-refractivity contribution is -0.0925. The van der Waals surface area contributed by atoms with Crippen molar-refractivity contribution in [2.45, 2.75) is 68.3 Å². The highest BCUT2D eigenvalue weighted by Gasteiger charge is 2.40. The number of benzene rings is 1. The van der Waals surface area contributed by atoms with Gasteiger partial charge in [0, 0.05) is 20.3 Å². The number of aliphatic hydroxyl groups is 5. The maximum atomic E-state index is 12.3. The minimum absolute atomic E-state index is 0.0836. The molecule has 1 aromatic carbocycles. The molecule has 5 N–H and O–H groups in total. The number of rotatable bonds is 13. The Morgan fingerprint density at radius 1 is 1.03 bits per heavy atom. The predicted molar refractivity (Wildman–Crippen MR) is 145 cm³/mol. The molecule has 2 aromatic rings. The number of hydrogen-bond acceptors (Lipinski definition) is 8. The van der Waals surface area contributed by atoms with Crippen molar-refractivity contribution in [3.63, 3.8) is 0 Å². The highest BCUT2D eigenvalue weighted by molar-refractivity contribution is 7.13. The van der Waals surface area contributed by atoms with Crippen molar-refractivity contribution in [1.82, 2.24) is 0 Å². The first-order valence-corrected chi connectivity index (χ1v) is 14.3. The summed E-state index contributed by atoms with van der Waals surface area (Å²) in [5, 5.41) is 49.3. The molecule has 0 radical (unpaired) electrons. The summed E-state index contributed by atoms with van der Waals surface area (Å²) in [6.07, 6.45) is -0.557. The highest BCUT2D eigenvalue weighted by atomic mass is 35.5. The van der Waals surface area contributed by atoms with Crippen LogP contribution in [0.4, 0.5) is 0 Å². The molecule has 1 fully saturated rings. The Bertz CT molecular complexity index is 1000. The van der Waals surface area contributed by atoms with Crippen molar-refractivity contribution in [1.29, 1.82) is 0 Å². The van der Waals surface area contributed by atoms with E-state index in [1.165, 1.54) is 11.3 Å². The first-order chi connectivity index (χ1) is 17.6. The molecule has 206 valence electrons. The lowest BCUT2D eigenvalue weighted by Crippen LogP contribution is -2.42. The standard InChI is InChI=1S/C26H33Cl3O7S/c27-15-8-14(9-16(28)10-15)4-6-19-18(20(29)11-21(19)31)3-1-2-17-5-7-24(37-17)26(35)36-13-23(33)25(34)22(32)12-30/h5,7-10,18-23,25,30-34H,1-4,6,11-13H2/t18-,19-,20-,21-,22-,23+,25-/m1/s1. The normalized spacial score (nSPS) is 24.1. The zero-order valence-electron chi connectivity index (χ0n) is 20.2. The smallest absolute Gasteiger partial charge is 0.348 e. The van der Waals surface area contributed by atoms with Crippen LogP contribution in [0.1, 0.15) is 45.8 Å². The number of thiophene rings is 1. The third-order valence-electron chi connectivity index (χ3n) is 6.85. The first-order valence-electron chi connectivity index (χ1n) is 12.3. The number of carbonyl (C=O) groups excluding carboxylic acids is 1. The van der Waals surface area contributed by atoms with E-state index in [0.29, 0.717) is 21.3 Å². The Labute approximate surface area is 235 Å². The maximum absolute atomic E-state index is 12.3. The molecule has 1 aliphatic carbocycles. The Morgan fingerprint density at radius 2 is 1.73 bits per heavy atom. The van der Waals surface area contributed by atoms with Crippen molar-refractivity contribution in [2.75, 3.05) is 13.2 Å². The number of hydrogen-bond donors (Lipinski definition) is 5. The number of carbonyl (C=O) groups is 1. The van der Waals surface area contributed by atoms with Gasteiger partial charge in [-0.1, -0.05) is 23.2 Å². The number of alkyl halides is 1. The molecule has 3 rings (SSSR count). The monoisotopic (exact) mass is 594 g/mol. The van der Waals surface area contributed by atoms with E-state index in [1.807, 2.05) is 18.2 Å². The quantitative estimate of drug-likeness (QED) is 0.176. The van der Waals surface area contributed by atoms with Crippen LogP contribution >= 0.6 is 46.1 Å². The van der Waals surface area contributed by atoms with Crippen LogP contribution in [0.5, 0.6) is 0 Å². The van der Waals surface area contributed by atoms with Gasteiger partial charge in [-0.25, -0.2) is 4.79 Å². The molecule has 7 atom stereocenters. The summed E-state index contributed by atoms with van der Waals surface area (Å²) in [7, 11) is 0. The van der Waals surface area contributed by atoms with E-state index in [1.54, 1.807) is 12.1 Å². The van der Waals surface area contributed by atoms with Gasteiger partial charge in [0.05, 0.1) is 12.7 Å². The fraction of sp³-hybridized carbons (Fsp3) is 0.577. The molecule has 0 amide bonds. The molecule has 0 aliphatic heterocycles. The zero-order valence-corrected chi connectivity index (χ0v) is 23.3. The fourth-order valence-corrected chi connectivity index (χ4v) is 6.86. The van der Waals surface area contributed by atoms with Gasteiger partial charge in [-0.3, -0.25) is 0 Å². The largest absolute Gasteiger partial charge is 0.459 e. The fourth-order valence-electron chi connectivity index (χ4n) is 4.85. The van der Waals surface area contributed by atoms with E-state index < -0.39 is 43.6 Å². The van der Waals surface area contributed by atoms with Gasteiger partial charge in [0.25, 0.3) is 0 Å². The summed E-state index contributed by atoms with van der Waals surface area (Å²) < 4.78 is 5.03. The Kier molecular flexibility index (Phi) is 11.9. The van der Waals surface area contributed by atoms with Gasteiger partial charge in [0.2, 0.25) is 0 Å². The molecule has 7 nitrogen and oxygen atoms in total. The predicted octanol–water partition coefficient (Wildman–Crippen LogP) is 3.85. The molecule has 1 aromatic heterocycles. The second kappa shape index (κ2) is 14.4. The van der Waals surface area contributed by atoms with E-state index >= 15 is 0 Å².